The Morgan fingerprint density at radius 3 is 2.55 bits per heavy atom. The van der Waals surface area contributed by atoms with Crippen LogP contribution >= 0.6 is 24.0 Å². The van der Waals surface area contributed by atoms with E-state index in [4.69, 9.17) is 4.74 Å². The van der Waals surface area contributed by atoms with Crippen LogP contribution in [0.5, 0.6) is 11.5 Å². The van der Waals surface area contributed by atoms with Crippen LogP contribution in [0.2, 0.25) is 0 Å². The van der Waals surface area contributed by atoms with E-state index in [1.54, 1.807) is 25.1 Å². The number of ether oxygens (including phenoxy) is 2. The Hall–Kier alpha value is -2.70. The number of guanidine groups is 1. The molecule has 0 unspecified atom stereocenters. The number of hydrogen-bond acceptors (Lipinski definition) is 4. The van der Waals surface area contributed by atoms with Crippen LogP contribution in [0, 0.1) is 5.82 Å². The number of benzene rings is 2. The topological polar surface area (TPSA) is 84.0 Å². The molecule has 0 radical (unpaired) electrons. The van der Waals surface area contributed by atoms with E-state index in [1.165, 1.54) is 31.3 Å². The summed E-state index contributed by atoms with van der Waals surface area (Å²) in [7, 11) is 1.49. The van der Waals surface area contributed by atoms with E-state index in [9.17, 15) is 18.0 Å². The van der Waals surface area contributed by atoms with Crippen molar-refractivity contribution in [2.45, 2.75) is 20.1 Å². The van der Waals surface area contributed by atoms with Gasteiger partial charge in [-0.15, -0.1) is 24.0 Å². The van der Waals surface area contributed by atoms with Crippen molar-refractivity contribution in [2.24, 2.45) is 4.99 Å². The predicted molar refractivity (Wildman–Crippen MR) is 123 cm³/mol. The number of carbonyl (C=O) groups is 1. The highest BCUT2D eigenvalue weighted by Crippen LogP contribution is 2.32. The zero-order valence-electron chi connectivity index (χ0n) is 17.0. The first-order valence-corrected chi connectivity index (χ1v) is 9.12. The zero-order valence-corrected chi connectivity index (χ0v) is 19.3. The number of rotatable bonds is 9. The lowest BCUT2D eigenvalue weighted by Crippen LogP contribution is -2.41. The maximum Gasteiger partial charge on any atom is 0.387 e. The van der Waals surface area contributed by atoms with Crippen molar-refractivity contribution in [1.82, 2.24) is 10.6 Å². The van der Waals surface area contributed by atoms with Gasteiger partial charge < -0.3 is 25.4 Å². The third-order valence-electron chi connectivity index (χ3n) is 3.76. The van der Waals surface area contributed by atoms with E-state index in [0.717, 1.165) is 0 Å². The molecule has 2 aromatic rings. The number of nitrogens with one attached hydrogen (secondary N) is 3. The highest BCUT2D eigenvalue weighted by atomic mass is 127. The molecule has 2 aromatic carbocycles. The van der Waals surface area contributed by atoms with Gasteiger partial charge in [0.2, 0.25) is 5.91 Å². The fourth-order valence-electron chi connectivity index (χ4n) is 2.53. The largest absolute Gasteiger partial charge is 0.490 e. The number of aliphatic imine (C=N–C) groups is 1. The minimum atomic E-state index is -3.01. The molecule has 0 atom stereocenters. The minimum Gasteiger partial charge on any atom is -0.490 e. The molecule has 0 aliphatic heterocycles. The normalized spacial score (nSPS) is 10.8. The van der Waals surface area contributed by atoms with E-state index >= 15 is 0 Å². The number of halogens is 4. The molecule has 1 amide bonds. The summed E-state index contributed by atoms with van der Waals surface area (Å²) in [4.78, 5) is 16.0. The van der Waals surface area contributed by atoms with E-state index in [2.05, 4.69) is 25.7 Å². The van der Waals surface area contributed by atoms with Crippen LogP contribution in [-0.2, 0) is 11.3 Å². The number of carbonyl (C=O) groups excluding carboxylic acids is 1. The van der Waals surface area contributed by atoms with Crippen molar-refractivity contribution >= 4 is 41.5 Å². The second kappa shape index (κ2) is 13.6. The van der Waals surface area contributed by atoms with Gasteiger partial charge in [-0.25, -0.2) is 4.39 Å². The fraction of sp³-hybridized carbons (Fsp3) is 0.300. The average molecular weight is 552 g/mol. The van der Waals surface area contributed by atoms with Gasteiger partial charge in [-0.2, -0.15) is 8.78 Å². The molecule has 3 N–H and O–H groups in total. The third kappa shape index (κ3) is 8.90. The summed E-state index contributed by atoms with van der Waals surface area (Å²) in [5.41, 5.74) is 0.750. The molecule has 0 heterocycles. The number of hydrogen-bond donors (Lipinski definition) is 3. The Morgan fingerprint density at radius 2 is 1.90 bits per heavy atom. The lowest BCUT2D eigenvalue weighted by molar-refractivity contribution is -0.115. The zero-order chi connectivity index (χ0) is 21.9. The Morgan fingerprint density at radius 1 is 1.16 bits per heavy atom. The molecule has 2 rings (SSSR count). The van der Waals surface area contributed by atoms with E-state index in [1.807, 2.05) is 0 Å². The van der Waals surface area contributed by atoms with Crippen LogP contribution in [-0.4, -0.2) is 38.7 Å². The fourth-order valence-corrected chi connectivity index (χ4v) is 2.53. The molecular weight excluding hydrogens is 528 g/mol. The lowest BCUT2D eigenvalue weighted by atomic mass is 10.2. The molecule has 0 aromatic heterocycles. The van der Waals surface area contributed by atoms with E-state index in [-0.39, 0.29) is 54.5 Å². The molecule has 0 spiro atoms. The van der Waals surface area contributed by atoms with Crippen LogP contribution in [0.25, 0.3) is 0 Å². The summed E-state index contributed by atoms with van der Waals surface area (Å²) >= 11 is 0. The van der Waals surface area contributed by atoms with Gasteiger partial charge in [0.1, 0.15) is 5.82 Å². The van der Waals surface area contributed by atoms with Gasteiger partial charge in [-0.3, -0.25) is 9.79 Å². The number of nitrogens with zero attached hydrogens (tertiary/aromatic N) is 1. The molecule has 0 bridgehead atoms. The Bertz CT molecular complexity index is 884. The van der Waals surface area contributed by atoms with Crippen LogP contribution in [0.15, 0.2) is 47.5 Å². The van der Waals surface area contributed by atoms with Gasteiger partial charge in [0, 0.05) is 24.8 Å². The second-order valence-corrected chi connectivity index (χ2v) is 5.89. The summed E-state index contributed by atoms with van der Waals surface area (Å²) < 4.78 is 48.7. The first-order chi connectivity index (χ1) is 14.4. The lowest BCUT2D eigenvalue weighted by Gasteiger charge is -2.17. The second-order valence-electron chi connectivity index (χ2n) is 5.89. The van der Waals surface area contributed by atoms with Crippen molar-refractivity contribution in [3.05, 3.63) is 53.8 Å². The summed E-state index contributed by atoms with van der Waals surface area (Å²) in [5, 5.41) is 8.25. The maximum absolute atomic E-state index is 13.2. The van der Waals surface area contributed by atoms with Gasteiger partial charge in [0.05, 0.1) is 13.2 Å². The highest BCUT2D eigenvalue weighted by molar-refractivity contribution is 14.0. The first-order valence-electron chi connectivity index (χ1n) is 9.12. The predicted octanol–water partition coefficient (Wildman–Crippen LogP) is 3.75. The Kier molecular flexibility index (Phi) is 11.5. The van der Waals surface area contributed by atoms with Gasteiger partial charge in [-0.05, 0) is 31.2 Å². The maximum atomic E-state index is 13.2. The van der Waals surface area contributed by atoms with Crippen molar-refractivity contribution < 1.29 is 27.4 Å². The summed E-state index contributed by atoms with van der Waals surface area (Å²) in [6, 6.07) is 10.3. The summed E-state index contributed by atoms with van der Waals surface area (Å²) in [5.74, 6) is -0.483. The molecule has 0 aliphatic rings. The molecule has 0 saturated heterocycles. The van der Waals surface area contributed by atoms with E-state index in [0.29, 0.717) is 17.9 Å². The van der Waals surface area contributed by atoms with Crippen LogP contribution < -0.4 is 25.4 Å². The number of amides is 1. The number of anilines is 1. The number of alkyl halides is 2. The van der Waals surface area contributed by atoms with Crippen LogP contribution in [0.3, 0.4) is 0 Å². The monoisotopic (exact) mass is 552 g/mol. The quantitative estimate of drug-likeness (QED) is 0.251. The molecule has 0 aliphatic carbocycles. The Labute approximate surface area is 195 Å². The molecule has 7 nitrogen and oxygen atoms in total. The summed E-state index contributed by atoms with van der Waals surface area (Å²) in [6.45, 7) is -1.03. The van der Waals surface area contributed by atoms with Crippen molar-refractivity contribution in [1.29, 1.82) is 0 Å². The molecule has 0 saturated carbocycles. The smallest absolute Gasteiger partial charge is 0.387 e. The molecule has 170 valence electrons. The van der Waals surface area contributed by atoms with E-state index < -0.39 is 18.3 Å². The van der Waals surface area contributed by atoms with Crippen molar-refractivity contribution in [3.63, 3.8) is 0 Å². The highest BCUT2D eigenvalue weighted by Gasteiger charge is 2.16. The SMILES string of the molecule is CCOc1cccc(CNC(=NC)NCC(=O)Nc2cccc(F)c2)c1OC(F)F.I. The average Bonchev–Trinajstić information content (AvgIpc) is 2.70. The number of para-hydroxylation sites is 1. The van der Waals surface area contributed by atoms with Crippen LogP contribution in [0.1, 0.15) is 12.5 Å². The first kappa shape index (κ1) is 26.3. The minimum absolute atomic E-state index is 0. The van der Waals surface area contributed by atoms with Crippen LogP contribution in [0.4, 0.5) is 18.9 Å². The third-order valence-corrected chi connectivity index (χ3v) is 3.76. The molecule has 0 fully saturated rings. The van der Waals surface area contributed by atoms with Gasteiger partial charge in [0.25, 0.3) is 0 Å². The molecule has 11 heteroatoms. The molecular formula is C20H24F3IN4O3. The molecule has 31 heavy (non-hydrogen) atoms. The van der Waals surface area contributed by atoms with Gasteiger partial charge in [0.15, 0.2) is 17.5 Å². The van der Waals surface area contributed by atoms with Crippen molar-refractivity contribution in [2.75, 3.05) is 25.5 Å². The summed E-state index contributed by atoms with van der Waals surface area (Å²) in [6.07, 6.45) is 0. The van der Waals surface area contributed by atoms with Crippen molar-refractivity contribution in [3.8, 4) is 11.5 Å². The van der Waals surface area contributed by atoms with Gasteiger partial charge in [-0.1, -0.05) is 18.2 Å². The standard InChI is InChI=1S/C20H23F3N4O3.HI/c1-3-29-16-9-4-6-13(18(16)30-19(22)23)11-25-20(24-2)26-12-17(28)27-15-8-5-7-14(21)10-15;/h4-10,19H,3,11-12H2,1-2H3,(H,27,28)(H2,24,25,26);1H. The Balaban J connectivity index is 0.00000480. The van der Waals surface area contributed by atoms with Gasteiger partial charge >= 0.3 is 6.61 Å².